The number of benzene rings is 2. The van der Waals surface area contributed by atoms with Gasteiger partial charge in [-0.2, -0.15) is 0 Å². The van der Waals surface area contributed by atoms with Gasteiger partial charge in [0.1, 0.15) is 11.6 Å². The highest BCUT2D eigenvalue weighted by atomic mass is 35.5. The number of allylic oxidation sites excluding steroid dienone is 1. The van der Waals surface area contributed by atoms with Gasteiger partial charge in [-0.3, -0.25) is 4.57 Å². The first-order chi connectivity index (χ1) is 13.5. The lowest BCUT2D eigenvalue weighted by atomic mass is 10.2. The molecule has 1 unspecified atom stereocenters. The minimum Gasteiger partial charge on any atom is -0.483 e. The van der Waals surface area contributed by atoms with Crippen LogP contribution >= 0.6 is 23.4 Å². The van der Waals surface area contributed by atoms with Crippen molar-refractivity contribution in [2.45, 2.75) is 37.4 Å². The van der Waals surface area contributed by atoms with E-state index in [0.717, 1.165) is 22.0 Å². The van der Waals surface area contributed by atoms with E-state index in [0.29, 0.717) is 23.1 Å². The molecule has 1 heterocycles. The van der Waals surface area contributed by atoms with E-state index in [-0.39, 0.29) is 11.9 Å². The number of nitrogens with zero attached hydrogens (tertiary/aromatic N) is 3. The molecule has 4 nitrogen and oxygen atoms in total. The van der Waals surface area contributed by atoms with E-state index in [9.17, 15) is 4.39 Å². The monoisotopic (exact) mass is 417 g/mol. The fourth-order valence-electron chi connectivity index (χ4n) is 2.73. The number of ether oxygens (including phenoxy) is 1. The van der Waals surface area contributed by atoms with Crippen LogP contribution in [0.5, 0.6) is 5.75 Å². The number of aryl methyl sites for hydroxylation is 1. The summed E-state index contributed by atoms with van der Waals surface area (Å²) in [6.45, 7) is 8.35. The molecule has 1 aromatic heterocycles. The smallest absolute Gasteiger partial charge is 0.191 e. The van der Waals surface area contributed by atoms with Crippen LogP contribution in [-0.4, -0.2) is 14.8 Å². The van der Waals surface area contributed by atoms with Crippen molar-refractivity contribution in [1.82, 2.24) is 14.8 Å². The molecule has 0 saturated carbocycles. The van der Waals surface area contributed by atoms with Crippen LogP contribution in [0.25, 0.3) is 0 Å². The summed E-state index contributed by atoms with van der Waals surface area (Å²) >= 11 is 7.61. The molecule has 0 aliphatic carbocycles. The van der Waals surface area contributed by atoms with E-state index in [1.807, 2.05) is 42.7 Å². The van der Waals surface area contributed by atoms with Gasteiger partial charge in [0, 0.05) is 17.3 Å². The van der Waals surface area contributed by atoms with Gasteiger partial charge in [-0.25, -0.2) is 4.39 Å². The van der Waals surface area contributed by atoms with E-state index in [1.165, 1.54) is 23.9 Å². The number of thioether (sulfide) groups is 1. The molecule has 0 fully saturated rings. The van der Waals surface area contributed by atoms with Crippen LogP contribution in [0, 0.1) is 12.7 Å². The van der Waals surface area contributed by atoms with Gasteiger partial charge in [-0.1, -0.05) is 47.6 Å². The predicted molar refractivity (Wildman–Crippen MR) is 111 cm³/mol. The van der Waals surface area contributed by atoms with E-state index in [4.69, 9.17) is 16.3 Å². The van der Waals surface area contributed by atoms with Crippen molar-refractivity contribution < 1.29 is 9.13 Å². The van der Waals surface area contributed by atoms with E-state index in [2.05, 4.69) is 16.8 Å². The lowest BCUT2D eigenvalue weighted by Crippen LogP contribution is -2.12. The van der Waals surface area contributed by atoms with Crippen molar-refractivity contribution in [2.24, 2.45) is 0 Å². The topological polar surface area (TPSA) is 39.9 Å². The summed E-state index contributed by atoms with van der Waals surface area (Å²) < 4.78 is 21.2. The number of hydrogen-bond acceptors (Lipinski definition) is 4. The summed E-state index contributed by atoms with van der Waals surface area (Å²) in [6, 6.07) is 12.3. The Morgan fingerprint density at radius 3 is 2.82 bits per heavy atom. The molecule has 0 bridgehead atoms. The fourth-order valence-corrected chi connectivity index (χ4v) is 4.01. The van der Waals surface area contributed by atoms with Gasteiger partial charge < -0.3 is 4.74 Å². The standard InChI is InChI=1S/C21H21ClFN3OS/c1-4-10-26-20(15(3)27-18-7-5-6-14(2)11-18)24-25-21(26)28-13-16-8-9-17(23)12-19(16)22/h4-9,11-12,15H,1,10,13H2,2-3H3. The van der Waals surface area contributed by atoms with Gasteiger partial charge in [-0.05, 0) is 49.2 Å². The molecule has 0 amide bonds. The van der Waals surface area contributed by atoms with Crippen molar-refractivity contribution >= 4 is 23.4 Å². The van der Waals surface area contributed by atoms with Gasteiger partial charge in [0.2, 0.25) is 0 Å². The molecular formula is C21H21ClFN3OS. The summed E-state index contributed by atoms with van der Waals surface area (Å²) in [6.07, 6.45) is 1.51. The zero-order valence-electron chi connectivity index (χ0n) is 15.7. The number of halogens is 2. The van der Waals surface area contributed by atoms with Gasteiger partial charge in [0.15, 0.2) is 17.1 Å². The van der Waals surface area contributed by atoms with Crippen LogP contribution in [0.2, 0.25) is 5.02 Å². The van der Waals surface area contributed by atoms with Gasteiger partial charge in [-0.15, -0.1) is 16.8 Å². The lowest BCUT2D eigenvalue weighted by molar-refractivity contribution is 0.210. The van der Waals surface area contributed by atoms with Crippen LogP contribution < -0.4 is 4.74 Å². The first-order valence-electron chi connectivity index (χ1n) is 8.82. The largest absolute Gasteiger partial charge is 0.483 e. The average Bonchev–Trinajstić information content (AvgIpc) is 3.04. The number of rotatable bonds is 8. The van der Waals surface area contributed by atoms with Gasteiger partial charge >= 0.3 is 0 Å². The molecule has 0 aliphatic rings. The molecule has 1 atom stereocenters. The Balaban J connectivity index is 1.77. The number of aromatic nitrogens is 3. The van der Waals surface area contributed by atoms with E-state index >= 15 is 0 Å². The summed E-state index contributed by atoms with van der Waals surface area (Å²) in [4.78, 5) is 0. The molecule has 28 heavy (non-hydrogen) atoms. The highest BCUT2D eigenvalue weighted by Gasteiger charge is 2.19. The second-order valence-electron chi connectivity index (χ2n) is 6.34. The molecule has 7 heteroatoms. The van der Waals surface area contributed by atoms with Crippen molar-refractivity contribution in [3.8, 4) is 5.75 Å². The first kappa shape index (κ1) is 20.4. The Hall–Kier alpha value is -2.31. The molecule has 0 N–H and O–H groups in total. The molecule has 0 spiro atoms. The van der Waals surface area contributed by atoms with Crippen LogP contribution in [0.4, 0.5) is 4.39 Å². The average molecular weight is 418 g/mol. The predicted octanol–water partition coefficient (Wildman–Crippen LogP) is 6.00. The fraction of sp³-hybridized carbons (Fsp3) is 0.238. The maximum Gasteiger partial charge on any atom is 0.191 e. The summed E-state index contributed by atoms with van der Waals surface area (Å²) in [5, 5.41) is 9.77. The van der Waals surface area contributed by atoms with Crippen LogP contribution in [0.15, 0.2) is 60.3 Å². The molecule has 0 aliphatic heterocycles. The van der Waals surface area contributed by atoms with E-state index in [1.54, 1.807) is 12.1 Å². The normalized spacial score (nSPS) is 12.0. The highest BCUT2D eigenvalue weighted by Crippen LogP contribution is 2.29. The second-order valence-corrected chi connectivity index (χ2v) is 7.69. The summed E-state index contributed by atoms with van der Waals surface area (Å²) in [5.74, 6) is 1.71. The molecule has 0 radical (unpaired) electrons. The molecule has 3 aromatic rings. The van der Waals surface area contributed by atoms with Gasteiger partial charge in [0.25, 0.3) is 0 Å². The molecule has 2 aromatic carbocycles. The Labute approximate surface area is 173 Å². The molecular weight excluding hydrogens is 397 g/mol. The third kappa shape index (κ3) is 4.94. The molecule has 0 saturated heterocycles. The lowest BCUT2D eigenvalue weighted by Gasteiger charge is -2.16. The SMILES string of the molecule is C=CCn1c(SCc2ccc(F)cc2Cl)nnc1C(C)Oc1cccc(C)c1. The minimum atomic E-state index is -0.349. The van der Waals surface area contributed by atoms with Crippen molar-refractivity contribution in [3.05, 3.63) is 82.9 Å². The summed E-state index contributed by atoms with van der Waals surface area (Å²) in [7, 11) is 0. The Bertz CT molecular complexity index is 976. The zero-order chi connectivity index (χ0) is 20.1. The van der Waals surface area contributed by atoms with Crippen molar-refractivity contribution in [3.63, 3.8) is 0 Å². The Morgan fingerprint density at radius 2 is 2.11 bits per heavy atom. The number of hydrogen-bond donors (Lipinski definition) is 0. The second kappa shape index (κ2) is 9.26. The van der Waals surface area contributed by atoms with Crippen molar-refractivity contribution in [1.29, 1.82) is 0 Å². The third-order valence-electron chi connectivity index (χ3n) is 4.10. The molecule has 3 rings (SSSR count). The highest BCUT2D eigenvalue weighted by molar-refractivity contribution is 7.98. The maximum atomic E-state index is 13.2. The van der Waals surface area contributed by atoms with E-state index < -0.39 is 0 Å². The van der Waals surface area contributed by atoms with Crippen LogP contribution in [0.1, 0.15) is 30.0 Å². The quantitative estimate of drug-likeness (QED) is 0.333. The van der Waals surface area contributed by atoms with Gasteiger partial charge in [0.05, 0.1) is 0 Å². The Morgan fingerprint density at radius 1 is 1.29 bits per heavy atom. The van der Waals surface area contributed by atoms with Crippen LogP contribution in [-0.2, 0) is 12.3 Å². The minimum absolute atomic E-state index is 0.280. The van der Waals surface area contributed by atoms with Crippen LogP contribution in [0.3, 0.4) is 0 Å². The molecule has 146 valence electrons. The van der Waals surface area contributed by atoms with Crippen molar-refractivity contribution in [2.75, 3.05) is 0 Å². The maximum absolute atomic E-state index is 13.2. The zero-order valence-corrected chi connectivity index (χ0v) is 17.3. The Kier molecular flexibility index (Phi) is 6.75. The third-order valence-corrected chi connectivity index (χ3v) is 5.46. The first-order valence-corrected chi connectivity index (χ1v) is 10.2. The summed E-state index contributed by atoms with van der Waals surface area (Å²) in [5.41, 5.74) is 1.97.